The first-order valence-corrected chi connectivity index (χ1v) is 7.55. The Morgan fingerprint density at radius 1 is 1.20 bits per heavy atom. The Balaban J connectivity index is 2.49. The monoisotopic (exact) mass is 402 g/mol. The standard InChI is InChI=1S/C13H12Br2N2O3/c1-6(2)10-11(18)16-13(20)17(12(10)19)9-5-7(14)3-4-8(9)15/h3-6,10H,1-2H3,(H,16,18,20). The average Bonchev–Trinajstić information content (AvgIpc) is 2.32. The lowest BCUT2D eigenvalue weighted by molar-refractivity contribution is -0.136. The van der Waals surface area contributed by atoms with E-state index >= 15 is 0 Å². The van der Waals surface area contributed by atoms with Gasteiger partial charge in [-0.1, -0.05) is 29.8 Å². The highest BCUT2D eigenvalue weighted by Gasteiger charge is 2.43. The molecule has 106 valence electrons. The second-order valence-corrected chi connectivity index (χ2v) is 6.56. The number of urea groups is 1. The van der Waals surface area contributed by atoms with Crippen LogP contribution < -0.4 is 10.2 Å². The molecule has 1 heterocycles. The molecule has 1 unspecified atom stereocenters. The maximum absolute atomic E-state index is 12.5. The van der Waals surface area contributed by atoms with Crippen molar-refractivity contribution in [3.05, 3.63) is 27.1 Å². The zero-order valence-electron chi connectivity index (χ0n) is 10.8. The topological polar surface area (TPSA) is 66.5 Å². The zero-order chi connectivity index (χ0) is 15.0. The smallest absolute Gasteiger partial charge is 0.277 e. The number of barbiturate groups is 1. The molecule has 0 aromatic heterocycles. The SMILES string of the molecule is CC(C)C1C(=O)NC(=O)N(c2cc(Br)ccc2Br)C1=O. The van der Waals surface area contributed by atoms with Gasteiger partial charge in [0.05, 0.1) is 5.69 Å². The number of nitrogens with zero attached hydrogens (tertiary/aromatic N) is 1. The summed E-state index contributed by atoms with van der Waals surface area (Å²) in [5.41, 5.74) is 0.403. The molecular weight excluding hydrogens is 392 g/mol. The van der Waals surface area contributed by atoms with Gasteiger partial charge in [0.2, 0.25) is 11.8 Å². The van der Waals surface area contributed by atoms with E-state index in [2.05, 4.69) is 37.2 Å². The molecule has 1 fully saturated rings. The minimum absolute atomic E-state index is 0.191. The Kier molecular flexibility index (Phi) is 4.29. The van der Waals surface area contributed by atoms with Crippen molar-refractivity contribution in [2.75, 3.05) is 4.90 Å². The first-order valence-electron chi connectivity index (χ1n) is 5.96. The molecule has 5 nitrogen and oxygen atoms in total. The number of nitrogens with one attached hydrogen (secondary N) is 1. The van der Waals surface area contributed by atoms with E-state index in [-0.39, 0.29) is 5.92 Å². The average molecular weight is 404 g/mol. The van der Waals surface area contributed by atoms with Crippen molar-refractivity contribution in [3.63, 3.8) is 0 Å². The predicted molar refractivity (Wildman–Crippen MR) is 81.2 cm³/mol. The maximum atomic E-state index is 12.5. The maximum Gasteiger partial charge on any atom is 0.335 e. The molecule has 1 saturated heterocycles. The Labute approximate surface area is 133 Å². The fraction of sp³-hybridized carbons (Fsp3) is 0.308. The molecule has 1 N–H and O–H groups in total. The first kappa shape index (κ1) is 15.2. The van der Waals surface area contributed by atoms with Gasteiger partial charge in [-0.15, -0.1) is 0 Å². The van der Waals surface area contributed by atoms with E-state index in [0.717, 1.165) is 9.37 Å². The number of rotatable bonds is 2. The number of hydrogen-bond acceptors (Lipinski definition) is 3. The highest BCUT2D eigenvalue weighted by atomic mass is 79.9. The third kappa shape index (κ3) is 2.64. The number of amides is 4. The minimum Gasteiger partial charge on any atom is -0.277 e. The number of halogens is 2. The van der Waals surface area contributed by atoms with E-state index < -0.39 is 23.8 Å². The summed E-state index contributed by atoms with van der Waals surface area (Å²) in [5, 5.41) is 2.23. The lowest BCUT2D eigenvalue weighted by Gasteiger charge is -2.32. The number of carbonyl (C=O) groups is 3. The lowest BCUT2D eigenvalue weighted by atomic mass is 9.92. The summed E-state index contributed by atoms with van der Waals surface area (Å²) in [6.07, 6.45) is 0. The molecule has 0 aliphatic carbocycles. The van der Waals surface area contributed by atoms with Gasteiger partial charge in [0.15, 0.2) is 0 Å². The van der Waals surface area contributed by atoms with Crippen LogP contribution >= 0.6 is 31.9 Å². The number of benzene rings is 1. The van der Waals surface area contributed by atoms with Crippen molar-refractivity contribution in [2.45, 2.75) is 13.8 Å². The van der Waals surface area contributed by atoms with Crippen LogP contribution in [0.2, 0.25) is 0 Å². The van der Waals surface area contributed by atoms with E-state index in [1.807, 2.05) is 0 Å². The lowest BCUT2D eigenvalue weighted by Crippen LogP contribution is -2.59. The van der Waals surface area contributed by atoms with Crippen LogP contribution in [0.1, 0.15) is 13.8 Å². The molecule has 0 saturated carbocycles. The Morgan fingerprint density at radius 3 is 2.45 bits per heavy atom. The number of anilines is 1. The van der Waals surface area contributed by atoms with Crippen LogP contribution in [-0.4, -0.2) is 17.8 Å². The van der Waals surface area contributed by atoms with Crippen LogP contribution in [0.3, 0.4) is 0 Å². The van der Waals surface area contributed by atoms with Crippen molar-refractivity contribution in [1.29, 1.82) is 0 Å². The summed E-state index contributed by atoms with van der Waals surface area (Å²) in [6, 6.07) is 4.43. The van der Waals surface area contributed by atoms with Gasteiger partial charge in [-0.25, -0.2) is 9.69 Å². The van der Waals surface area contributed by atoms with Crippen molar-refractivity contribution >= 4 is 55.4 Å². The minimum atomic E-state index is -0.862. The van der Waals surface area contributed by atoms with Gasteiger partial charge in [0.1, 0.15) is 5.92 Å². The highest BCUT2D eigenvalue weighted by molar-refractivity contribution is 9.11. The van der Waals surface area contributed by atoms with Crippen LogP contribution in [0.15, 0.2) is 27.1 Å². The fourth-order valence-electron chi connectivity index (χ4n) is 2.06. The van der Waals surface area contributed by atoms with Crippen LogP contribution in [0.5, 0.6) is 0 Å². The summed E-state index contributed by atoms with van der Waals surface area (Å²) >= 11 is 6.61. The Morgan fingerprint density at radius 2 is 1.85 bits per heavy atom. The first-order chi connectivity index (χ1) is 9.32. The van der Waals surface area contributed by atoms with Crippen molar-refractivity contribution < 1.29 is 14.4 Å². The molecule has 2 rings (SSSR count). The molecule has 1 aromatic rings. The van der Waals surface area contributed by atoms with Gasteiger partial charge in [-0.3, -0.25) is 14.9 Å². The number of imide groups is 2. The van der Waals surface area contributed by atoms with E-state index in [4.69, 9.17) is 0 Å². The second kappa shape index (κ2) is 5.65. The van der Waals surface area contributed by atoms with Crippen molar-refractivity contribution in [1.82, 2.24) is 5.32 Å². The van der Waals surface area contributed by atoms with E-state index in [9.17, 15) is 14.4 Å². The van der Waals surface area contributed by atoms with Gasteiger partial charge in [-0.2, -0.15) is 0 Å². The molecular formula is C13H12Br2N2O3. The van der Waals surface area contributed by atoms with Gasteiger partial charge in [-0.05, 0) is 40.0 Å². The summed E-state index contributed by atoms with van der Waals surface area (Å²) in [6.45, 7) is 3.54. The summed E-state index contributed by atoms with van der Waals surface area (Å²) in [7, 11) is 0. The number of hydrogen-bond donors (Lipinski definition) is 1. The molecule has 1 aliphatic heterocycles. The Bertz CT molecular complexity index is 601. The molecule has 0 spiro atoms. The Hall–Kier alpha value is -1.21. The predicted octanol–water partition coefficient (Wildman–Crippen LogP) is 3.07. The van der Waals surface area contributed by atoms with Gasteiger partial charge in [0.25, 0.3) is 0 Å². The quantitative estimate of drug-likeness (QED) is 0.771. The number of carbonyl (C=O) groups excluding carboxylic acids is 3. The van der Waals surface area contributed by atoms with E-state index in [1.54, 1.807) is 32.0 Å². The van der Waals surface area contributed by atoms with Gasteiger partial charge in [0, 0.05) is 8.95 Å². The van der Waals surface area contributed by atoms with Crippen LogP contribution in [0, 0.1) is 11.8 Å². The molecule has 0 bridgehead atoms. The molecule has 7 heteroatoms. The molecule has 1 aliphatic rings. The molecule has 0 radical (unpaired) electrons. The van der Waals surface area contributed by atoms with Crippen LogP contribution in [0.25, 0.3) is 0 Å². The molecule has 4 amide bonds. The molecule has 20 heavy (non-hydrogen) atoms. The van der Waals surface area contributed by atoms with Gasteiger partial charge < -0.3 is 0 Å². The third-order valence-corrected chi connectivity index (χ3v) is 4.18. The van der Waals surface area contributed by atoms with E-state index in [0.29, 0.717) is 10.2 Å². The third-order valence-electron chi connectivity index (χ3n) is 3.02. The highest BCUT2D eigenvalue weighted by Crippen LogP contribution is 2.32. The zero-order valence-corrected chi connectivity index (χ0v) is 14.0. The van der Waals surface area contributed by atoms with Crippen LogP contribution in [-0.2, 0) is 9.59 Å². The summed E-state index contributed by atoms with van der Waals surface area (Å²) < 4.78 is 1.33. The summed E-state index contributed by atoms with van der Waals surface area (Å²) in [5.74, 6) is -2.10. The van der Waals surface area contributed by atoms with E-state index in [1.165, 1.54) is 0 Å². The second-order valence-electron chi connectivity index (χ2n) is 4.79. The normalized spacial score (nSPS) is 19.6. The van der Waals surface area contributed by atoms with Crippen LogP contribution in [0.4, 0.5) is 10.5 Å². The summed E-state index contributed by atoms with van der Waals surface area (Å²) in [4.78, 5) is 37.2. The molecule has 1 atom stereocenters. The van der Waals surface area contributed by atoms with Crippen molar-refractivity contribution in [2.24, 2.45) is 11.8 Å². The van der Waals surface area contributed by atoms with Crippen molar-refractivity contribution in [3.8, 4) is 0 Å². The molecule has 1 aromatic carbocycles. The van der Waals surface area contributed by atoms with Gasteiger partial charge >= 0.3 is 6.03 Å². The largest absolute Gasteiger partial charge is 0.335 e. The fourth-order valence-corrected chi connectivity index (χ4v) is 2.84.